The number of sulfonamides is 2. The summed E-state index contributed by atoms with van der Waals surface area (Å²) in [6.07, 6.45) is 0. The number of hydrogen-bond acceptors (Lipinski definition) is 8. The Balaban J connectivity index is 1.57. The van der Waals surface area contributed by atoms with E-state index in [0.717, 1.165) is 8.61 Å². The standard InChI is InChI=1S/C26H31N3O8S2/c1-28(2)38(31,32)22-12-10-21(11-13-22)37-17-16-27-26(30)19-6-8-20(9-7-19)29(3)39(33,34)23-14-15-24(35-4)25(18-23)36-5/h6-15,18H,16-17H2,1-5H3,(H,27,30). The first kappa shape index (κ1) is 29.7. The molecule has 1 N–H and O–H groups in total. The van der Waals surface area contributed by atoms with Crippen LogP contribution in [0, 0.1) is 0 Å². The predicted octanol–water partition coefficient (Wildman–Crippen LogP) is 2.59. The van der Waals surface area contributed by atoms with E-state index in [1.165, 1.54) is 90.0 Å². The zero-order valence-corrected chi connectivity index (χ0v) is 23.9. The molecular weight excluding hydrogens is 546 g/mol. The normalized spacial score (nSPS) is 11.6. The fraction of sp³-hybridized carbons (Fsp3) is 0.269. The van der Waals surface area contributed by atoms with Crippen LogP contribution in [0.4, 0.5) is 5.69 Å². The average Bonchev–Trinajstić information content (AvgIpc) is 2.94. The quantitative estimate of drug-likeness (QED) is 0.325. The molecule has 0 saturated carbocycles. The summed E-state index contributed by atoms with van der Waals surface area (Å²) in [7, 11) is -0.208. The van der Waals surface area contributed by atoms with E-state index in [-0.39, 0.29) is 34.6 Å². The molecule has 3 aromatic carbocycles. The molecule has 0 bridgehead atoms. The molecule has 0 radical (unpaired) electrons. The number of nitrogens with zero attached hydrogens (tertiary/aromatic N) is 2. The van der Waals surface area contributed by atoms with Crippen LogP contribution in [0.2, 0.25) is 0 Å². The molecule has 0 aromatic heterocycles. The summed E-state index contributed by atoms with van der Waals surface area (Å²) in [6, 6.07) is 16.4. The van der Waals surface area contributed by atoms with Crippen LogP contribution in [0.25, 0.3) is 0 Å². The van der Waals surface area contributed by atoms with Crippen molar-refractivity contribution in [2.75, 3.05) is 52.8 Å². The smallest absolute Gasteiger partial charge is 0.264 e. The Morgan fingerprint density at radius 3 is 1.92 bits per heavy atom. The van der Waals surface area contributed by atoms with Crippen molar-refractivity contribution in [1.29, 1.82) is 0 Å². The Morgan fingerprint density at radius 1 is 0.769 bits per heavy atom. The molecule has 0 aliphatic carbocycles. The summed E-state index contributed by atoms with van der Waals surface area (Å²) in [4.78, 5) is 12.7. The van der Waals surface area contributed by atoms with Crippen LogP contribution in [-0.4, -0.2) is 75.6 Å². The Bertz CT molecular complexity index is 1510. The highest BCUT2D eigenvalue weighted by atomic mass is 32.2. The van der Waals surface area contributed by atoms with Crippen molar-refractivity contribution >= 4 is 31.6 Å². The summed E-state index contributed by atoms with van der Waals surface area (Å²) in [5, 5.41) is 2.72. The van der Waals surface area contributed by atoms with Crippen LogP contribution in [-0.2, 0) is 20.0 Å². The number of ether oxygens (including phenoxy) is 3. The van der Waals surface area contributed by atoms with Gasteiger partial charge in [-0.2, -0.15) is 0 Å². The minimum absolute atomic E-state index is 0.0263. The molecule has 3 aromatic rings. The van der Waals surface area contributed by atoms with E-state index in [0.29, 0.717) is 22.7 Å². The van der Waals surface area contributed by atoms with Gasteiger partial charge in [0.1, 0.15) is 12.4 Å². The zero-order valence-electron chi connectivity index (χ0n) is 22.2. The number of amides is 1. The van der Waals surface area contributed by atoms with Crippen LogP contribution in [0.5, 0.6) is 17.2 Å². The molecule has 0 heterocycles. The van der Waals surface area contributed by atoms with Crippen LogP contribution in [0.3, 0.4) is 0 Å². The number of hydrogen-bond donors (Lipinski definition) is 1. The molecule has 210 valence electrons. The molecule has 0 fully saturated rings. The summed E-state index contributed by atoms with van der Waals surface area (Å²) < 4.78 is 68.7. The third-order valence-corrected chi connectivity index (χ3v) is 9.38. The first-order chi connectivity index (χ1) is 18.4. The van der Waals surface area contributed by atoms with E-state index in [4.69, 9.17) is 14.2 Å². The largest absolute Gasteiger partial charge is 0.493 e. The van der Waals surface area contributed by atoms with Gasteiger partial charge < -0.3 is 19.5 Å². The first-order valence-corrected chi connectivity index (χ1v) is 14.5. The van der Waals surface area contributed by atoms with E-state index >= 15 is 0 Å². The summed E-state index contributed by atoms with van der Waals surface area (Å²) in [6.45, 7) is 0.363. The van der Waals surface area contributed by atoms with E-state index in [2.05, 4.69) is 5.32 Å². The lowest BCUT2D eigenvalue weighted by Gasteiger charge is -2.20. The van der Waals surface area contributed by atoms with Crippen LogP contribution < -0.4 is 23.8 Å². The maximum absolute atomic E-state index is 13.1. The van der Waals surface area contributed by atoms with Gasteiger partial charge in [-0.1, -0.05) is 0 Å². The molecule has 1 amide bonds. The van der Waals surface area contributed by atoms with E-state index in [1.54, 1.807) is 12.1 Å². The maximum atomic E-state index is 13.1. The van der Waals surface area contributed by atoms with Gasteiger partial charge in [-0.3, -0.25) is 9.10 Å². The topological polar surface area (TPSA) is 132 Å². The number of carbonyl (C=O) groups excluding carboxylic acids is 1. The molecule has 39 heavy (non-hydrogen) atoms. The highest BCUT2D eigenvalue weighted by Crippen LogP contribution is 2.31. The van der Waals surface area contributed by atoms with Gasteiger partial charge in [0.25, 0.3) is 15.9 Å². The molecular formula is C26H31N3O8S2. The second kappa shape index (κ2) is 12.4. The van der Waals surface area contributed by atoms with Gasteiger partial charge in [0.15, 0.2) is 11.5 Å². The van der Waals surface area contributed by atoms with Gasteiger partial charge >= 0.3 is 0 Å². The molecule has 0 aliphatic heterocycles. The fourth-order valence-corrected chi connectivity index (χ4v) is 5.56. The lowest BCUT2D eigenvalue weighted by Crippen LogP contribution is -2.28. The third-order valence-electron chi connectivity index (χ3n) is 5.77. The number of methoxy groups -OCH3 is 2. The molecule has 0 unspecified atom stereocenters. The fourth-order valence-electron chi connectivity index (χ4n) is 3.45. The number of anilines is 1. The molecule has 0 aliphatic rings. The lowest BCUT2D eigenvalue weighted by atomic mass is 10.2. The second-order valence-corrected chi connectivity index (χ2v) is 12.5. The monoisotopic (exact) mass is 577 g/mol. The third kappa shape index (κ3) is 6.80. The van der Waals surface area contributed by atoms with Crippen LogP contribution in [0.1, 0.15) is 10.4 Å². The maximum Gasteiger partial charge on any atom is 0.264 e. The summed E-state index contributed by atoms with van der Waals surface area (Å²) in [5.74, 6) is 0.804. The van der Waals surface area contributed by atoms with Crippen molar-refractivity contribution in [3.8, 4) is 17.2 Å². The highest BCUT2D eigenvalue weighted by molar-refractivity contribution is 7.92. The average molecular weight is 578 g/mol. The van der Waals surface area contributed by atoms with Crippen molar-refractivity contribution in [3.63, 3.8) is 0 Å². The Morgan fingerprint density at radius 2 is 1.36 bits per heavy atom. The minimum Gasteiger partial charge on any atom is -0.493 e. The number of nitrogens with one attached hydrogen (secondary N) is 1. The second-order valence-electron chi connectivity index (χ2n) is 8.40. The molecule has 3 rings (SSSR count). The molecule has 13 heteroatoms. The Kier molecular flexibility index (Phi) is 9.43. The first-order valence-electron chi connectivity index (χ1n) is 11.7. The van der Waals surface area contributed by atoms with Crippen molar-refractivity contribution in [2.45, 2.75) is 9.79 Å². The van der Waals surface area contributed by atoms with Crippen molar-refractivity contribution in [2.24, 2.45) is 0 Å². The number of rotatable bonds is 12. The van der Waals surface area contributed by atoms with Crippen molar-refractivity contribution in [1.82, 2.24) is 9.62 Å². The van der Waals surface area contributed by atoms with Crippen LogP contribution >= 0.6 is 0 Å². The van der Waals surface area contributed by atoms with Gasteiger partial charge in [-0.25, -0.2) is 21.1 Å². The van der Waals surface area contributed by atoms with E-state index < -0.39 is 20.0 Å². The Labute approximate surface area is 229 Å². The van der Waals surface area contributed by atoms with Gasteiger partial charge in [0.05, 0.1) is 36.2 Å². The summed E-state index contributed by atoms with van der Waals surface area (Å²) >= 11 is 0. The highest BCUT2D eigenvalue weighted by Gasteiger charge is 2.23. The van der Waals surface area contributed by atoms with Crippen LogP contribution in [0.15, 0.2) is 76.5 Å². The predicted molar refractivity (Wildman–Crippen MR) is 147 cm³/mol. The van der Waals surface area contributed by atoms with Crippen molar-refractivity contribution in [3.05, 3.63) is 72.3 Å². The van der Waals surface area contributed by atoms with Crippen molar-refractivity contribution < 1.29 is 35.8 Å². The van der Waals surface area contributed by atoms with Gasteiger partial charge in [0, 0.05) is 32.8 Å². The van der Waals surface area contributed by atoms with Gasteiger partial charge in [-0.05, 0) is 60.7 Å². The number of benzene rings is 3. The Hall–Kier alpha value is -3.81. The molecule has 11 nitrogen and oxygen atoms in total. The minimum atomic E-state index is -3.90. The van der Waals surface area contributed by atoms with E-state index in [9.17, 15) is 21.6 Å². The molecule has 0 atom stereocenters. The van der Waals surface area contributed by atoms with E-state index in [1.807, 2.05) is 0 Å². The SMILES string of the molecule is COc1ccc(S(=O)(=O)N(C)c2ccc(C(=O)NCCOc3ccc(S(=O)(=O)N(C)C)cc3)cc2)cc1OC. The van der Waals surface area contributed by atoms with Gasteiger partial charge in [-0.15, -0.1) is 0 Å². The van der Waals surface area contributed by atoms with Gasteiger partial charge in [0.2, 0.25) is 10.0 Å². The molecule has 0 spiro atoms. The lowest BCUT2D eigenvalue weighted by molar-refractivity contribution is 0.0947. The molecule has 0 saturated heterocycles. The summed E-state index contributed by atoms with van der Waals surface area (Å²) in [5.41, 5.74) is 0.707. The zero-order chi connectivity index (χ0) is 28.8. The number of carbonyl (C=O) groups is 1.